The summed E-state index contributed by atoms with van der Waals surface area (Å²) in [5.74, 6) is 0. The van der Waals surface area contributed by atoms with Gasteiger partial charge in [-0.25, -0.2) is 0 Å². The molecule has 140 valence electrons. The Morgan fingerprint density at radius 1 is 0.741 bits per heavy atom. The quantitative estimate of drug-likeness (QED) is 0.430. The number of hydrogen-bond donors (Lipinski definition) is 0. The Kier molecular flexibility index (Phi) is 7.12. The number of hydrogen-bond acceptors (Lipinski definition) is 0. The van der Waals surface area contributed by atoms with Gasteiger partial charge in [-0.05, 0) is 0 Å². The summed E-state index contributed by atoms with van der Waals surface area (Å²) in [6.07, 6.45) is 15.5. The van der Waals surface area contributed by atoms with Gasteiger partial charge in [0.25, 0.3) is 0 Å². The first-order valence-corrected chi connectivity index (χ1v) is 13.6. The second-order valence-electron chi connectivity index (χ2n) is 7.51. The van der Waals surface area contributed by atoms with Crippen LogP contribution in [0.25, 0.3) is 11.1 Å². The van der Waals surface area contributed by atoms with E-state index in [0.717, 1.165) is 0 Å². The number of allylic oxidation sites excluding steroid dienone is 4. The molecule has 0 aromatic heterocycles. The van der Waals surface area contributed by atoms with Gasteiger partial charge < -0.3 is 0 Å². The molecule has 0 nitrogen and oxygen atoms in total. The molecule has 0 saturated heterocycles. The van der Waals surface area contributed by atoms with Gasteiger partial charge in [0, 0.05) is 0 Å². The molecule has 1 saturated carbocycles. The van der Waals surface area contributed by atoms with E-state index in [9.17, 15) is 0 Å². The second-order valence-corrected chi connectivity index (χ2v) is 14.3. The van der Waals surface area contributed by atoms with Gasteiger partial charge in [-0.3, -0.25) is 0 Å². The molecule has 0 spiro atoms. The summed E-state index contributed by atoms with van der Waals surface area (Å²) in [5.41, 5.74) is 6.27. The number of halogens is 2. The number of fused-ring (bicyclic) bond motifs is 3. The predicted molar refractivity (Wildman–Crippen MR) is 118 cm³/mol. The van der Waals surface area contributed by atoms with E-state index >= 15 is 0 Å². The molecule has 0 amide bonds. The molecule has 5 rings (SSSR count). The average Bonchev–Trinajstić information content (AvgIpc) is 3.31. The third kappa shape index (κ3) is 3.76. The van der Waals surface area contributed by atoms with E-state index in [0.29, 0.717) is 3.63 Å². The molecular formula is C24H26Cl2Zr. The van der Waals surface area contributed by atoms with Crippen molar-refractivity contribution >= 4 is 28.0 Å². The summed E-state index contributed by atoms with van der Waals surface area (Å²) in [6, 6.07) is 18.5. The fourth-order valence-electron chi connectivity index (χ4n) is 4.98. The molecule has 0 heterocycles. The van der Waals surface area contributed by atoms with E-state index in [2.05, 4.69) is 66.8 Å². The van der Waals surface area contributed by atoms with Crippen LogP contribution in [0.15, 0.2) is 70.0 Å². The summed E-state index contributed by atoms with van der Waals surface area (Å²) in [6.45, 7) is 0. The van der Waals surface area contributed by atoms with Crippen LogP contribution in [0.3, 0.4) is 0 Å². The first-order chi connectivity index (χ1) is 12.4. The van der Waals surface area contributed by atoms with Gasteiger partial charge in [0.2, 0.25) is 0 Å². The summed E-state index contributed by atoms with van der Waals surface area (Å²) < 4.78 is 4.53. The van der Waals surface area contributed by atoms with Gasteiger partial charge in [-0.15, -0.1) is 24.8 Å². The molecule has 2 aromatic carbocycles. The molecule has 3 aliphatic rings. The normalized spacial score (nSPS) is 17.5. The standard InChI is InChI=1S/C13H9.C6H10.C5H5.2ClH.Zr/c1-3-7-12-10(5-1)9-11-6-2-4-8-13(11)12;1-2-4-6-5-3-1;1-2-4-5-3-1;;;/h1-9H;1-5H2;1-3H,4H2;2*1H;. The van der Waals surface area contributed by atoms with E-state index in [1.54, 1.807) is 11.1 Å². The molecule has 2 aromatic rings. The molecule has 0 radical (unpaired) electrons. The Balaban J connectivity index is 0.00000105. The smallest absolute Gasteiger partial charge is 0.147 e. The van der Waals surface area contributed by atoms with Gasteiger partial charge in [0.15, 0.2) is 0 Å². The first-order valence-electron chi connectivity index (χ1n) is 9.69. The molecule has 1 fully saturated rings. The molecule has 0 N–H and O–H groups in total. The van der Waals surface area contributed by atoms with Crippen LogP contribution in [0, 0.1) is 0 Å². The molecule has 3 aliphatic carbocycles. The topological polar surface area (TPSA) is 0 Å². The van der Waals surface area contributed by atoms with Gasteiger partial charge in [-0.2, -0.15) is 0 Å². The summed E-state index contributed by atoms with van der Waals surface area (Å²) in [7, 11) is 0. The van der Waals surface area contributed by atoms with Crippen LogP contribution < -0.4 is 0 Å². The van der Waals surface area contributed by atoms with Crippen LogP contribution >= 0.6 is 24.8 Å². The maximum absolute atomic E-state index is 2.49. The molecule has 0 bridgehead atoms. The average molecular weight is 477 g/mol. The first kappa shape index (κ1) is 21.0. The van der Waals surface area contributed by atoms with E-state index in [1.807, 2.05) is 6.49 Å². The van der Waals surface area contributed by atoms with Crippen molar-refractivity contribution in [3.05, 3.63) is 81.2 Å². The van der Waals surface area contributed by atoms with Gasteiger partial charge in [0.1, 0.15) is 0 Å². The molecule has 3 heteroatoms. The minimum absolute atomic E-state index is 0. The van der Waals surface area contributed by atoms with Crippen molar-refractivity contribution in [2.75, 3.05) is 0 Å². The van der Waals surface area contributed by atoms with Crippen LogP contribution in [-0.2, 0) is 21.3 Å². The summed E-state index contributed by atoms with van der Waals surface area (Å²) in [5, 5.41) is 0. The van der Waals surface area contributed by atoms with E-state index < -0.39 is 21.3 Å². The SMILES string of the molecule is C1=CC[C]([Zr](=[C]2CCCCC2)[CH]2c3ccccc3-c3ccccc32)=C1.Cl.Cl. The minimum atomic E-state index is -1.91. The zero-order valence-corrected chi connectivity index (χ0v) is 19.6. The van der Waals surface area contributed by atoms with Gasteiger partial charge in [-0.1, -0.05) is 0 Å². The van der Waals surface area contributed by atoms with Crippen molar-refractivity contribution in [1.82, 2.24) is 0 Å². The number of benzene rings is 2. The Hall–Kier alpha value is -0.747. The summed E-state index contributed by atoms with van der Waals surface area (Å²) >= 11 is -1.91. The Labute approximate surface area is 182 Å². The number of rotatable bonds is 2. The maximum Gasteiger partial charge on any atom is -0.147 e. The monoisotopic (exact) mass is 474 g/mol. The van der Waals surface area contributed by atoms with Crippen molar-refractivity contribution in [2.24, 2.45) is 0 Å². The van der Waals surface area contributed by atoms with Gasteiger partial charge in [0.05, 0.1) is 0 Å². The van der Waals surface area contributed by atoms with Crippen LogP contribution in [0.5, 0.6) is 0 Å². The van der Waals surface area contributed by atoms with Crippen LogP contribution in [0.1, 0.15) is 53.3 Å². The maximum atomic E-state index is 2.49. The zero-order valence-electron chi connectivity index (χ0n) is 15.5. The third-order valence-corrected chi connectivity index (χ3v) is 14.7. The molecule has 0 aliphatic heterocycles. The van der Waals surface area contributed by atoms with Crippen molar-refractivity contribution < 1.29 is 21.3 Å². The predicted octanol–water partition coefficient (Wildman–Crippen LogP) is 7.20. The van der Waals surface area contributed by atoms with Gasteiger partial charge >= 0.3 is 159 Å². The van der Waals surface area contributed by atoms with E-state index in [1.165, 1.54) is 49.7 Å². The molecular weight excluding hydrogens is 450 g/mol. The fourth-order valence-corrected chi connectivity index (χ4v) is 14.5. The Morgan fingerprint density at radius 2 is 1.33 bits per heavy atom. The van der Waals surface area contributed by atoms with Crippen molar-refractivity contribution in [3.63, 3.8) is 0 Å². The Morgan fingerprint density at radius 3 is 1.89 bits per heavy atom. The van der Waals surface area contributed by atoms with Crippen molar-refractivity contribution in [2.45, 2.75) is 42.2 Å². The minimum Gasteiger partial charge on any atom is -0.147 e. The van der Waals surface area contributed by atoms with Crippen LogP contribution in [0.2, 0.25) is 0 Å². The van der Waals surface area contributed by atoms with Crippen LogP contribution in [0.4, 0.5) is 0 Å². The molecule has 0 unspecified atom stereocenters. The van der Waals surface area contributed by atoms with Crippen molar-refractivity contribution in [3.8, 4) is 11.1 Å². The second kappa shape index (κ2) is 9.17. The molecule has 27 heavy (non-hydrogen) atoms. The zero-order chi connectivity index (χ0) is 16.6. The summed E-state index contributed by atoms with van der Waals surface area (Å²) in [4.78, 5) is 0. The van der Waals surface area contributed by atoms with E-state index in [4.69, 9.17) is 0 Å². The fraction of sp³-hybridized carbons (Fsp3) is 0.292. The van der Waals surface area contributed by atoms with Crippen LogP contribution in [-0.4, -0.2) is 3.21 Å². The Bertz CT molecular complexity index is 870. The molecule has 0 atom stereocenters. The van der Waals surface area contributed by atoms with E-state index in [-0.39, 0.29) is 24.8 Å². The third-order valence-electron chi connectivity index (χ3n) is 6.08. The largest absolute Gasteiger partial charge is 0.147 e. The van der Waals surface area contributed by atoms with Crippen molar-refractivity contribution in [1.29, 1.82) is 0 Å².